The smallest absolute Gasteiger partial charge is 0.314 e. The molecule has 2 heterocycles. The maximum atomic E-state index is 11.6. The van der Waals surface area contributed by atoms with Crippen LogP contribution in [-0.2, 0) is 16.6 Å². The Kier molecular flexibility index (Phi) is 6.30. The Bertz CT molecular complexity index is 1700. The van der Waals surface area contributed by atoms with Gasteiger partial charge in [0.05, 0.1) is 11.1 Å². The molecule has 39 heavy (non-hydrogen) atoms. The molecule has 0 spiro atoms. The SMILES string of the molecule is Cc1noc(-c2ccc(-c3ccc(C4(C(=O)O)CC4)cc3)cc2)c1Cc1cccc(C#Cc2ccccc2)n1. The Balaban J connectivity index is 1.21. The van der Waals surface area contributed by atoms with Gasteiger partial charge < -0.3 is 9.63 Å². The van der Waals surface area contributed by atoms with Gasteiger partial charge in [-0.3, -0.25) is 4.79 Å². The predicted octanol–water partition coefficient (Wildman–Crippen LogP) is 6.82. The van der Waals surface area contributed by atoms with Gasteiger partial charge in [0.2, 0.25) is 0 Å². The van der Waals surface area contributed by atoms with Gasteiger partial charge in [0.15, 0.2) is 5.76 Å². The zero-order chi connectivity index (χ0) is 26.8. The number of nitrogens with zero attached hydrogens (tertiary/aromatic N) is 2. The molecule has 1 aliphatic rings. The fraction of sp³-hybridized carbons (Fsp3) is 0.147. The van der Waals surface area contributed by atoms with Crippen LogP contribution in [0.15, 0.2) is 102 Å². The minimum Gasteiger partial charge on any atom is -0.481 e. The van der Waals surface area contributed by atoms with E-state index in [9.17, 15) is 9.90 Å². The molecule has 5 nitrogen and oxygen atoms in total. The normalized spacial score (nSPS) is 13.4. The van der Waals surface area contributed by atoms with Crippen molar-refractivity contribution in [1.29, 1.82) is 0 Å². The lowest BCUT2D eigenvalue weighted by molar-refractivity contribution is -0.140. The fourth-order valence-electron chi connectivity index (χ4n) is 4.86. The molecule has 0 amide bonds. The summed E-state index contributed by atoms with van der Waals surface area (Å²) in [5.41, 5.74) is 7.62. The van der Waals surface area contributed by atoms with E-state index in [0.717, 1.165) is 56.2 Å². The summed E-state index contributed by atoms with van der Waals surface area (Å²) in [6.07, 6.45) is 1.99. The van der Waals surface area contributed by atoms with E-state index >= 15 is 0 Å². The van der Waals surface area contributed by atoms with Crippen molar-refractivity contribution in [2.24, 2.45) is 0 Å². The van der Waals surface area contributed by atoms with Crippen molar-refractivity contribution in [3.8, 4) is 34.3 Å². The molecule has 3 aromatic carbocycles. The lowest BCUT2D eigenvalue weighted by Gasteiger charge is -2.11. The van der Waals surface area contributed by atoms with Crippen molar-refractivity contribution in [1.82, 2.24) is 10.1 Å². The van der Waals surface area contributed by atoms with E-state index in [0.29, 0.717) is 19.3 Å². The molecule has 1 fully saturated rings. The largest absolute Gasteiger partial charge is 0.481 e. The van der Waals surface area contributed by atoms with Crippen molar-refractivity contribution < 1.29 is 14.4 Å². The summed E-state index contributed by atoms with van der Waals surface area (Å²) in [6, 6.07) is 31.8. The van der Waals surface area contributed by atoms with E-state index < -0.39 is 11.4 Å². The molecule has 0 radical (unpaired) electrons. The summed E-state index contributed by atoms with van der Waals surface area (Å²) in [7, 11) is 0. The first-order valence-corrected chi connectivity index (χ1v) is 12.9. The first kappa shape index (κ1) is 24.4. The highest BCUT2D eigenvalue weighted by Gasteiger charge is 2.51. The zero-order valence-electron chi connectivity index (χ0n) is 21.5. The second-order valence-corrected chi connectivity index (χ2v) is 9.92. The van der Waals surface area contributed by atoms with Gasteiger partial charge in [-0.25, -0.2) is 4.98 Å². The van der Waals surface area contributed by atoms with E-state index in [2.05, 4.69) is 17.0 Å². The topological polar surface area (TPSA) is 76.2 Å². The lowest BCUT2D eigenvalue weighted by atomic mass is 9.93. The van der Waals surface area contributed by atoms with Crippen molar-refractivity contribution in [2.45, 2.75) is 31.6 Å². The molecule has 190 valence electrons. The third-order valence-electron chi connectivity index (χ3n) is 7.34. The van der Waals surface area contributed by atoms with Crippen LogP contribution in [0.1, 0.15) is 46.6 Å². The first-order chi connectivity index (χ1) is 19.0. The molecule has 1 saturated carbocycles. The third kappa shape index (κ3) is 4.97. The van der Waals surface area contributed by atoms with Crippen LogP contribution in [0.2, 0.25) is 0 Å². The second kappa shape index (κ2) is 10.1. The van der Waals surface area contributed by atoms with Gasteiger partial charge in [-0.1, -0.05) is 83.9 Å². The Morgan fingerprint density at radius 1 is 0.846 bits per heavy atom. The second-order valence-electron chi connectivity index (χ2n) is 9.92. The van der Waals surface area contributed by atoms with E-state index in [1.807, 2.05) is 104 Å². The molecule has 5 heteroatoms. The Morgan fingerprint density at radius 2 is 1.51 bits per heavy atom. The highest BCUT2D eigenvalue weighted by atomic mass is 16.5. The highest BCUT2D eigenvalue weighted by Crippen LogP contribution is 2.48. The highest BCUT2D eigenvalue weighted by molar-refractivity contribution is 5.85. The van der Waals surface area contributed by atoms with Crippen LogP contribution < -0.4 is 0 Å². The third-order valence-corrected chi connectivity index (χ3v) is 7.34. The molecule has 0 bridgehead atoms. The fourth-order valence-corrected chi connectivity index (χ4v) is 4.86. The van der Waals surface area contributed by atoms with E-state index in [4.69, 9.17) is 9.51 Å². The number of carbonyl (C=O) groups is 1. The van der Waals surface area contributed by atoms with E-state index in [-0.39, 0.29) is 0 Å². The van der Waals surface area contributed by atoms with E-state index in [1.54, 1.807) is 0 Å². The van der Waals surface area contributed by atoms with Crippen molar-refractivity contribution in [3.63, 3.8) is 0 Å². The molecule has 1 N–H and O–H groups in total. The number of carboxylic acid groups (broad SMARTS) is 1. The number of pyridine rings is 1. The quantitative estimate of drug-likeness (QED) is 0.254. The van der Waals surface area contributed by atoms with Crippen LogP contribution in [0.5, 0.6) is 0 Å². The van der Waals surface area contributed by atoms with Crippen LogP contribution >= 0.6 is 0 Å². The molecular formula is C34H26N2O3. The summed E-state index contributed by atoms with van der Waals surface area (Å²) in [5.74, 6) is 6.31. The number of aliphatic carboxylic acids is 1. The number of hydrogen-bond donors (Lipinski definition) is 1. The first-order valence-electron chi connectivity index (χ1n) is 12.9. The predicted molar refractivity (Wildman–Crippen MR) is 150 cm³/mol. The van der Waals surface area contributed by atoms with Gasteiger partial charge in [0.25, 0.3) is 0 Å². The maximum absolute atomic E-state index is 11.6. The molecule has 0 atom stereocenters. The Hall–Kier alpha value is -4.95. The summed E-state index contributed by atoms with van der Waals surface area (Å²) < 4.78 is 5.76. The van der Waals surface area contributed by atoms with Crippen LogP contribution in [0.25, 0.3) is 22.5 Å². The number of aryl methyl sites for hydroxylation is 1. The minimum absolute atomic E-state index is 0.583. The summed E-state index contributed by atoms with van der Waals surface area (Å²) in [5, 5.41) is 13.8. The van der Waals surface area contributed by atoms with Crippen molar-refractivity contribution >= 4 is 5.97 Å². The maximum Gasteiger partial charge on any atom is 0.314 e. The number of rotatable bonds is 6. The monoisotopic (exact) mass is 510 g/mol. The molecule has 2 aromatic heterocycles. The standard InChI is InChI=1S/C34H26N2O3/c1-23-31(22-30-9-5-8-29(35-30)19-10-24-6-3-2-4-7-24)32(39-36-23)27-13-11-25(12-14-27)26-15-17-28(18-16-26)34(20-21-34)33(37)38/h2-9,11-18H,20-22H2,1H3,(H,37,38). The Morgan fingerprint density at radius 3 is 2.18 bits per heavy atom. The van der Waals surface area contributed by atoms with Gasteiger partial charge in [-0.2, -0.15) is 0 Å². The van der Waals surface area contributed by atoms with Crippen LogP contribution in [0, 0.1) is 18.8 Å². The van der Waals surface area contributed by atoms with E-state index in [1.165, 1.54) is 0 Å². The molecule has 0 unspecified atom stereocenters. The number of benzene rings is 3. The minimum atomic E-state index is -0.736. The van der Waals surface area contributed by atoms with Gasteiger partial charge in [0.1, 0.15) is 5.69 Å². The number of hydrogen-bond acceptors (Lipinski definition) is 4. The van der Waals surface area contributed by atoms with Crippen LogP contribution in [0.4, 0.5) is 0 Å². The van der Waals surface area contributed by atoms with Gasteiger partial charge in [0, 0.05) is 28.8 Å². The van der Waals surface area contributed by atoms with Gasteiger partial charge >= 0.3 is 5.97 Å². The van der Waals surface area contributed by atoms with Gasteiger partial charge in [-0.05, 0) is 66.6 Å². The van der Waals surface area contributed by atoms with Crippen molar-refractivity contribution in [3.05, 3.63) is 131 Å². The lowest BCUT2D eigenvalue weighted by Crippen LogP contribution is -2.19. The van der Waals surface area contributed by atoms with Crippen LogP contribution in [0.3, 0.4) is 0 Å². The average molecular weight is 511 g/mol. The van der Waals surface area contributed by atoms with Gasteiger partial charge in [-0.15, -0.1) is 0 Å². The summed E-state index contributed by atoms with van der Waals surface area (Å²) in [6.45, 7) is 1.95. The molecule has 5 aromatic rings. The van der Waals surface area contributed by atoms with Crippen molar-refractivity contribution in [2.75, 3.05) is 0 Å². The van der Waals surface area contributed by atoms with Crippen LogP contribution in [-0.4, -0.2) is 21.2 Å². The molecule has 0 aliphatic heterocycles. The number of aromatic nitrogens is 2. The molecule has 0 saturated heterocycles. The Labute approximate surface area is 227 Å². The summed E-state index contributed by atoms with van der Waals surface area (Å²) >= 11 is 0. The molecule has 6 rings (SSSR count). The zero-order valence-corrected chi connectivity index (χ0v) is 21.5. The average Bonchev–Trinajstić information content (AvgIpc) is 3.72. The summed E-state index contributed by atoms with van der Waals surface area (Å²) in [4.78, 5) is 16.4. The number of carboxylic acids is 1. The molecule has 1 aliphatic carbocycles. The molecular weight excluding hydrogens is 484 g/mol.